The fourth-order valence-electron chi connectivity index (χ4n) is 11.0. The zero-order valence-corrected chi connectivity index (χ0v) is 46.7. The number of amides is 3. The number of carbonyl (C=O) groups excluding carboxylic acids is 4. The predicted octanol–water partition coefficient (Wildman–Crippen LogP) is 12.1. The predicted molar refractivity (Wildman–Crippen MR) is 311 cm³/mol. The molecule has 4 aliphatic rings. The van der Waals surface area contributed by atoms with Gasteiger partial charge in [-0.05, 0) is 143 Å². The maximum absolute atomic E-state index is 14.3. The molecule has 0 saturated heterocycles. The van der Waals surface area contributed by atoms with E-state index < -0.39 is 0 Å². The van der Waals surface area contributed by atoms with Crippen LogP contribution in [0.1, 0.15) is 121 Å². The van der Waals surface area contributed by atoms with Crippen LogP contribution >= 0.6 is 21.6 Å². The minimum atomic E-state index is -0.168. The number of fused-ring (bicyclic) bond motifs is 8. The molecule has 5 aromatic carbocycles. The zero-order valence-electron chi connectivity index (χ0n) is 45.1. The van der Waals surface area contributed by atoms with E-state index >= 15 is 0 Å². The van der Waals surface area contributed by atoms with Gasteiger partial charge in [-0.1, -0.05) is 64.4 Å². The molecule has 0 unspecified atom stereocenters. The van der Waals surface area contributed by atoms with Crippen molar-refractivity contribution in [3.63, 3.8) is 0 Å². The summed E-state index contributed by atoms with van der Waals surface area (Å²) >= 11 is 0. The number of aryl methyl sites for hydroxylation is 1. The number of ketones is 1. The summed E-state index contributed by atoms with van der Waals surface area (Å²) in [7, 11) is 9.16. The van der Waals surface area contributed by atoms with Crippen LogP contribution in [0.5, 0.6) is 17.2 Å². The fraction of sp³-hybridized carbons (Fsp3) is 0.426. The summed E-state index contributed by atoms with van der Waals surface area (Å²) in [5, 5.41) is 3.18. The fourth-order valence-corrected chi connectivity index (χ4v) is 13.6. The van der Waals surface area contributed by atoms with E-state index in [0.717, 1.165) is 90.3 Å². The van der Waals surface area contributed by atoms with Crippen molar-refractivity contribution in [2.75, 3.05) is 71.5 Å². The van der Waals surface area contributed by atoms with Crippen molar-refractivity contribution in [3.05, 3.63) is 130 Å². The van der Waals surface area contributed by atoms with Crippen molar-refractivity contribution in [3.8, 4) is 17.2 Å². The van der Waals surface area contributed by atoms with E-state index in [1.807, 2.05) is 117 Å². The summed E-state index contributed by atoms with van der Waals surface area (Å²) in [4.78, 5) is 67.2. The van der Waals surface area contributed by atoms with Gasteiger partial charge in [-0.3, -0.25) is 24.2 Å². The number of nitrogens with zero attached hydrogens (tertiary/aromatic N) is 5. The molecule has 4 heterocycles. The Balaban J connectivity index is 0.888. The van der Waals surface area contributed by atoms with E-state index in [1.165, 1.54) is 11.1 Å². The van der Waals surface area contributed by atoms with Gasteiger partial charge in [0.15, 0.2) is 11.5 Å². The van der Waals surface area contributed by atoms with Gasteiger partial charge in [0.2, 0.25) is 5.91 Å². The smallest absolute Gasteiger partial charge is 0.260 e. The number of hydrogen-bond acceptors (Lipinski definition) is 12. The molecule has 400 valence electrons. The Hall–Kier alpha value is -6.45. The van der Waals surface area contributed by atoms with Crippen LogP contribution in [0, 0.1) is 6.92 Å². The molecule has 15 heteroatoms. The number of aliphatic imine (C=N–C) groups is 1. The van der Waals surface area contributed by atoms with Crippen LogP contribution in [0.15, 0.2) is 96.0 Å². The molecule has 9 rings (SSSR count). The highest BCUT2D eigenvalue weighted by Crippen LogP contribution is 2.44. The molecule has 13 nitrogen and oxygen atoms in total. The van der Waals surface area contributed by atoms with Gasteiger partial charge in [0, 0.05) is 92.7 Å². The first kappa shape index (κ1) is 54.3. The molecule has 4 aliphatic heterocycles. The highest BCUT2D eigenvalue weighted by Gasteiger charge is 2.41. The number of anilines is 5. The first-order chi connectivity index (χ1) is 36.7. The second kappa shape index (κ2) is 24.3. The zero-order chi connectivity index (χ0) is 53.5. The average molecular weight is 1070 g/mol. The van der Waals surface area contributed by atoms with Crippen molar-refractivity contribution in [1.82, 2.24) is 0 Å². The van der Waals surface area contributed by atoms with E-state index in [-0.39, 0.29) is 47.8 Å². The van der Waals surface area contributed by atoms with Crippen molar-refractivity contribution < 1.29 is 33.4 Å². The molecule has 76 heavy (non-hydrogen) atoms. The lowest BCUT2D eigenvalue weighted by Crippen LogP contribution is -2.41. The van der Waals surface area contributed by atoms with Gasteiger partial charge in [0.1, 0.15) is 24.7 Å². The number of para-hydroxylation sites is 2. The molecule has 0 radical (unpaired) electrons. The SMILES string of the molecule is CC=NCCCCCC(=O)CCCSSC(C)(C)CCC(=O)Nc1cc(COc2cc3c(cc2C)C(=O)N2c4ccccc4C[C@H]2CN3C)cc(COc2cc3c(cc2OC)C(=O)N2c4ccccc4C[C@H]2CN3C)c1. The normalized spacial score (nSPS) is 16.6. The summed E-state index contributed by atoms with van der Waals surface area (Å²) in [5.74, 6) is 2.64. The lowest BCUT2D eigenvalue weighted by molar-refractivity contribution is -0.119. The summed E-state index contributed by atoms with van der Waals surface area (Å²) in [6, 6.07) is 29.8. The standard InChI is InChI=1S/C61H72N6O7S2/c1-8-62-25-15-9-10-19-48(68)20-16-26-75-76-61(3,4)24-23-58(69)63-45-29-41(38-73-55-34-53-49(27-40(55)2)59(70)66-46(36-64(53)5)31-43-17-11-13-21-51(43)66)28-42(30-45)39-74-57-35-54-50(33-56(57)72-7)60(71)67-47(37-65(54)6)32-44-18-12-14-22-52(44)67/h8,11-14,17-18,21-22,27-30,33-35,46-47H,9-10,15-16,19-20,23-26,31-32,36-39H2,1-7H3,(H,63,69)/t46-,47-/m0/s1. The van der Waals surface area contributed by atoms with Gasteiger partial charge in [-0.2, -0.15) is 0 Å². The third-order valence-electron chi connectivity index (χ3n) is 14.9. The molecule has 0 aliphatic carbocycles. The highest BCUT2D eigenvalue weighted by atomic mass is 33.1. The van der Waals surface area contributed by atoms with E-state index in [4.69, 9.17) is 14.2 Å². The van der Waals surface area contributed by atoms with Crippen LogP contribution in [0.25, 0.3) is 0 Å². The van der Waals surface area contributed by atoms with Gasteiger partial charge < -0.3 is 39.1 Å². The Bertz CT molecular complexity index is 3000. The Labute approximate surface area is 456 Å². The number of nitrogens with one attached hydrogen (secondary N) is 1. The molecule has 0 saturated carbocycles. The van der Waals surface area contributed by atoms with Crippen LogP contribution in [0.3, 0.4) is 0 Å². The average Bonchev–Trinajstić information content (AvgIpc) is 3.94. The number of benzene rings is 5. The molecule has 0 aromatic heterocycles. The molecule has 0 spiro atoms. The van der Waals surface area contributed by atoms with Gasteiger partial charge >= 0.3 is 0 Å². The van der Waals surface area contributed by atoms with Gasteiger partial charge in [0.25, 0.3) is 11.8 Å². The summed E-state index contributed by atoms with van der Waals surface area (Å²) in [6.45, 7) is 10.7. The van der Waals surface area contributed by atoms with Crippen LogP contribution in [0.4, 0.5) is 28.4 Å². The lowest BCUT2D eigenvalue weighted by Gasteiger charge is -2.25. The number of rotatable bonds is 23. The lowest BCUT2D eigenvalue weighted by atomic mass is 10.1. The molecule has 0 bridgehead atoms. The van der Waals surface area contributed by atoms with Crippen LogP contribution in [-0.4, -0.2) is 93.1 Å². The van der Waals surface area contributed by atoms with Gasteiger partial charge in [-0.15, -0.1) is 0 Å². The van der Waals surface area contributed by atoms with Crippen molar-refractivity contribution in [2.45, 2.75) is 122 Å². The second-order valence-electron chi connectivity index (χ2n) is 21.2. The molecule has 3 amide bonds. The monoisotopic (exact) mass is 1060 g/mol. The van der Waals surface area contributed by atoms with E-state index in [9.17, 15) is 19.2 Å². The van der Waals surface area contributed by atoms with E-state index in [1.54, 1.807) is 34.8 Å². The number of methoxy groups -OCH3 is 1. The molecule has 5 aromatic rings. The second-order valence-corrected chi connectivity index (χ2v) is 24.3. The number of hydrogen-bond donors (Lipinski definition) is 1. The number of likely N-dealkylation sites (N-methyl/N-ethyl adjacent to an activating group) is 2. The van der Waals surface area contributed by atoms with Crippen LogP contribution in [-0.2, 0) is 35.6 Å². The molecular weight excluding hydrogens is 993 g/mol. The molecule has 2 atom stereocenters. The maximum Gasteiger partial charge on any atom is 0.260 e. The summed E-state index contributed by atoms with van der Waals surface area (Å²) in [5.41, 5.74) is 10.1. The number of carbonyl (C=O) groups is 4. The third-order valence-corrected chi connectivity index (χ3v) is 18.3. The molecule has 1 N–H and O–H groups in total. The highest BCUT2D eigenvalue weighted by molar-refractivity contribution is 8.77. The number of ether oxygens (including phenoxy) is 3. The minimum Gasteiger partial charge on any atom is -0.493 e. The van der Waals surface area contributed by atoms with Crippen LogP contribution < -0.4 is 39.1 Å². The largest absolute Gasteiger partial charge is 0.493 e. The van der Waals surface area contributed by atoms with Crippen molar-refractivity contribution in [1.29, 1.82) is 0 Å². The first-order valence-corrected chi connectivity index (χ1v) is 29.1. The maximum atomic E-state index is 14.3. The van der Waals surface area contributed by atoms with Crippen molar-refractivity contribution >= 4 is 79.7 Å². The molecule has 0 fully saturated rings. The summed E-state index contributed by atoms with van der Waals surface area (Å²) in [6.07, 6.45) is 9.49. The quantitative estimate of drug-likeness (QED) is 0.0381. The van der Waals surface area contributed by atoms with E-state index in [0.29, 0.717) is 78.6 Å². The molecular formula is C61H72N6O7S2. The van der Waals surface area contributed by atoms with Crippen LogP contribution in [0.2, 0.25) is 0 Å². The number of unbranched alkanes of at least 4 members (excludes halogenated alkanes) is 2. The first-order valence-electron chi connectivity index (χ1n) is 26.8. The minimum absolute atomic E-state index is 0.00149. The Morgan fingerprint density at radius 3 is 1.91 bits per heavy atom. The van der Waals surface area contributed by atoms with Crippen molar-refractivity contribution in [2.24, 2.45) is 4.99 Å². The van der Waals surface area contributed by atoms with Gasteiger partial charge in [-0.25, -0.2) is 0 Å². The number of Topliss-reactive ketones (excluding diaryl/α,β-unsaturated/α-hetero) is 1. The van der Waals surface area contributed by atoms with Gasteiger partial charge in [0.05, 0.1) is 41.7 Å². The third kappa shape index (κ3) is 12.5. The topological polar surface area (TPSA) is 133 Å². The summed E-state index contributed by atoms with van der Waals surface area (Å²) < 4.78 is 18.9. The Morgan fingerprint density at radius 1 is 0.711 bits per heavy atom. The van der Waals surface area contributed by atoms with E-state index in [2.05, 4.69) is 46.1 Å². The Morgan fingerprint density at radius 2 is 1.29 bits per heavy atom. The Kier molecular flexibility index (Phi) is 17.3.